The zero-order valence-corrected chi connectivity index (χ0v) is 11.0. The highest BCUT2D eigenvalue weighted by molar-refractivity contribution is 5.85. The van der Waals surface area contributed by atoms with Crippen LogP contribution < -0.4 is 5.73 Å². The number of anilines is 1. The van der Waals surface area contributed by atoms with E-state index in [0.717, 1.165) is 12.1 Å². The van der Waals surface area contributed by atoms with Crippen molar-refractivity contribution in [3.05, 3.63) is 17.7 Å². The van der Waals surface area contributed by atoms with E-state index in [2.05, 4.69) is 4.99 Å². The van der Waals surface area contributed by atoms with E-state index in [9.17, 15) is 18.3 Å². The number of alkyl halides is 3. The highest BCUT2D eigenvalue weighted by atomic mass is 19.4. The maximum absolute atomic E-state index is 13.1. The third kappa shape index (κ3) is 2.81. The first-order valence-corrected chi connectivity index (χ1v) is 6.11. The van der Waals surface area contributed by atoms with Crippen LogP contribution in [0.5, 0.6) is 5.75 Å². The molecular weight excluding hydrogens is 273 g/mol. The number of benzene rings is 1. The maximum atomic E-state index is 13.1. The van der Waals surface area contributed by atoms with Gasteiger partial charge in [-0.3, -0.25) is 0 Å². The third-order valence-electron chi connectivity index (χ3n) is 2.94. The first kappa shape index (κ1) is 14.5. The van der Waals surface area contributed by atoms with Gasteiger partial charge in [0.25, 0.3) is 0 Å². The Balaban J connectivity index is 2.51. The van der Waals surface area contributed by atoms with E-state index in [1.807, 2.05) is 0 Å². The van der Waals surface area contributed by atoms with Gasteiger partial charge in [0, 0.05) is 12.5 Å². The van der Waals surface area contributed by atoms with Gasteiger partial charge in [-0.25, -0.2) is 4.99 Å². The van der Waals surface area contributed by atoms with Crippen LogP contribution >= 0.6 is 0 Å². The topological polar surface area (TPSA) is 67.8 Å². The van der Waals surface area contributed by atoms with Crippen molar-refractivity contribution in [1.82, 2.24) is 0 Å². The van der Waals surface area contributed by atoms with Crippen LogP contribution in [0.2, 0.25) is 0 Å². The molecule has 3 N–H and O–H groups in total. The van der Waals surface area contributed by atoms with Crippen LogP contribution in [0.3, 0.4) is 0 Å². The molecule has 0 fully saturated rings. The lowest BCUT2D eigenvalue weighted by Gasteiger charge is -2.27. The quantitative estimate of drug-likeness (QED) is 0.614. The molecular formula is C13H15F3N2O2. The number of halogens is 3. The number of ether oxygens (including phenoxy) is 1. The lowest BCUT2D eigenvalue weighted by molar-refractivity contribution is -0.149. The highest BCUT2D eigenvalue weighted by Gasteiger charge is 2.45. The Morgan fingerprint density at radius 3 is 2.60 bits per heavy atom. The molecule has 0 aromatic heterocycles. The van der Waals surface area contributed by atoms with Gasteiger partial charge in [0.1, 0.15) is 5.75 Å². The molecule has 4 nitrogen and oxygen atoms in total. The van der Waals surface area contributed by atoms with Gasteiger partial charge in [-0.15, -0.1) is 0 Å². The van der Waals surface area contributed by atoms with E-state index >= 15 is 0 Å². The van der Waals surface area contributed by atoms with Crippen molar-refractivity contribution >= 4 is 17.3 Å². The Labute approximate surface area is 114 Å². The number of nitrogens with zero attached hydrogens (tertiary/aromatic N) is 1. The molecule has 0 amide bonds. The van der Waals surface area contributed by atoms with Crippen molar-refractivity contribution in [2.75, 3.05) is 5.73 Å². The van der Waals surface area contributed by atoms with E-state index < -0.39 is 12.1 Å². The fourth-order valence-corrected chi connectivity index (χ4v) is 2.09. The number of hydrogen-bond donors (Lipinski definition) is 2. The number of phenolic OH excluding ortho intramolecular Hbond substituents is 1. The summed E-state index contributed by atoms with van der Waals surface area (Å²) in [6.45, 7) is 3.42. The van der Waals surface area contributed by atoms with Crippen molar-refractivity contribution in [1.29, 1.82) is 0 Å². The molecule has 0 spiro atoms. The number of rotatable bonds is 1. The first-order valence-electron chi connectivity index (χ1n) is 6.11. The molecule has 1 aromatic rings. The van der Waals surface area contributed by atoms with Gasteiger partial charge in [0.2, 0.25) is 0 Å². The number of aliphatic imine (C=N–C) groups is 1. The molecule has 1 atom stereocenters. The minimum atomic E-state index is -4.43. The molecule has 1 aromatic carbocycles. The van der Waals surface area contributed by atoms with E-state index in [4.69, 9.17) is 10.5 Å². The Morgan fingerprint density at radius 1 is 1.40 bits per heavy atom. The fraction of sp³-hybridized carbons (Fsp3) is 0.462. The van der Waals surface area contributed by atoms with Crippen LogP contribution in [0.1, 0.15) is 31.7 Å². The van der Waals surface area contributed by atoms with Gasteiger partial charge in [0.15, 0.2) is 5.90 Å². The molecule has 1 aliphatic rings. The summed E-state index contributed by atoms with van der Waals surface area (Å²) in [5.41, 5.74) is 5.38. The Kier molecular flexibility index (Phi) is 3.54. The molecule has 0 bridgehead atoms. The number of nitrogens with two attached hydrogens (primary N) is 1. The second kappa shape index (κ2) is 4.88. The summed E-state index contributed by atoms with van der Waals surface area (Å²) >= 11 is 0. The highest BCUT2D eigenvalue weighted by Crippen LogP contribution is 2.47. The predicted octanol–water partition coefficient (Wildman–Crippen LogP) is 3.48. The van der Waals surface area contributed by atoms with Crippen molar-refractivity contribution < 1.29 is 23.0 Å². The maximum Gasteiger partial charge on any atom is 0.396 e. The van der Waals surface area contributed by atoms with Crippen LogP contribution in [0.4, 0.5) is 24.5 Å². The number of nitrogen functional groups attached to an aromatic ring is 1. The van der Waals surface area contributed by atoms with Gasteiger partial charge in [-0.1, -0.05) is 0 Å². The van der Waals surface area contributed by atoms with E-state index in [0.29, 0.717) is 0 Å². The van der Waals surface area contributed by atoms with Gasteiger partial charge < -0.3 is 15.6 Å². The number of phenols is 1. The first-order chi connectivity index (χ1) is 9.18. The van der Waals surface area contributed by atoms with Crippen LogP contribution in [0.25, 0.3) is 0 Å². The number of fused-ring (bicyclic) bond motifs is 1. The Bertz CT molecular complexity index is 553. The minimum absolute atomic E-state index is 0.0130. The molecule has 0 radical (unpaired) electrons. The zero-order valence-electron chi connectivity index (χ0n) is 11.0. The molecule has 0 saturated heterocycles. The van der Waals surface area contributed by atoms with Gasteiger partial charge in [-0.2, -0.15) is 13.2 Å². The summed E-state index contributed by atoms with van der Waals surface area (Å²) in [7, 11) is 0. The van der Waals surface area contributed by atoms with E-state index in [-0.39, 0.29) is 41.1 Å². The minimum Gasteiger partial charge on any atom is -0.506 e. The molecule has 7 heteroatoms. The fourth-order valence-electron chi connectivity index (χ4n) is 2.09. The molecule has 2 rings (SSSR count). The summed E-state index contributed by atoms with van der Waals surface area (Å²) in [6.07, 6.45) is -5.06. The van der Waals surface area contributed by atoms with Gasteiger partial charge in [0.05, 0.1) is 23.4 Å². The van der Waals surface area contributed by atoms with Crippen molar-refractivity contribution in [2.45, 2.75) is 38.5 Å². The average Bonchev–Trinajstić information content (AvgIpc) is 2.28. The Hall–Kier alpha value is -1.92. The van der Waals surface area contributed by atoms with Crippen LogP contribution in [-0.4, -0.2) is 23.3 Å². The van der Waals surface area contributed by atoms with Gasteiger partial charge in [-0.05, 0) is 25.5 Å². The normalized spacial score (nSPS) is 18.7. The van der Waals surface area contributed by atoms with Gasteiger partial charge >= 0.3 is 6.18 Å². The molecule has 1 unspecified atom stereocenters. The third-order valence-corrected chi connectivity index (χ3v) is 2.94. The van der Waals surface area contributed by atoms with E-state index in [1.165, 1.54) is 0 Å². The summed E-state index contributed by atoms with van der Waals surface area (Å²) in [6, 6.07) is 2.25. The van der Waals surface area contributed by atoms with E-state index in [1.54, 1.807) is 13.8 Å². The second-order valence-electron chi connectivity index (χ2n) is 4.94. The molecule has 0 saturated carbocycles. The lowest BCUT2D eigenvalue weighted by atomic mass is 9.90. The second-order valence-corrected chi connectivity index (χ2v) is 4.94. The standard InChI is InChI=1S/C13H15F3N2O2/c1-6(2)20-12-4-8(13(14,15)16)7-3-9(17)11(19)5-10(7)18-12/h3,5-6,8,19H,4,17H2,1-2H3. The largest absolute Gasteiger partial charge is 0.506 e. The molecule has 1 aliphatic heterocycles. The zero-order chi connectivity index (χ0) is 15.1. The van der Waals surface area contributed by atoms with Crippen molar-refractivity contribution in [3.63, 3.8) is 0 Å². The average molecular weight is 288 g/mol. The molecule has 110 valence electrons. The van der Waals surface area contributed by atoms with Crippen molar-refractivity contribution in [3.8, 4) is 5.75 Å². The lowest BCUT2D eigenvalue weighted by Crippen LogP contribution is -2.28. The van der Waals surface area contributed by atoms with Crippen LogP contribution in [0.15, 0.2) is 17.1 Å². The van der Waals surface area contributed by atoms with Crippen LogP contribution in [0, 0.1) is 0 Å². The summed E-state index contributed by atoms with van der Waals surface area (Å²) in [4.78, 5) is 4.03. The SMILES string of the molecule is CC(C)OC1=Nc2cc(O)c(N)cc2C(C(F)(F)F)C1. The summed E-state index contributed by atoms with van der Waals surface area (Å²) in [5, 5.41) is 9.52. The molecule has 0 aliphatic carbocycles. The molecule has 1 heterocycles. The number of hydrogen-bond acceptors (Lipinski definition) is 4. The number of aromatic hydroxyl groups is 1. The summed E-state index contributed by atoms with van der Waals surface area (Å²) in [5.74, 6) is -2.01. The van der Waals surface area contributed by atoms with Crippen molar-refractivity contribution in [2.24, 2.45) is 4.99 Å². The summed E-state index contributed by atoms with van der Waals surface area (Å²) < 4.78 is 44.7. The Morgan fingerprint density at radius 2 is 2.05 bits per heavy atom. The predicted molar refractivity (Wildman–Crippen MR) is 69.2 cm³/mol. The van der Waals surface area contributed by atoms with Crippen LogP contribution in [-0.2, 0) is 4.74 Å². The monoisotopic (exact) mass is 288 g/mol. The molecule has 20 heavy (non-hydrogen) atoms. The smallest absolute Gasteiger partial charge is 0.396 e.